The molecule has 4 rings (SSSR count). The van der Waals surface area contributed by atoms with Crippen molar-refractivity contribution in [3.05, 3.63) is 11.9 Å². The van der Waals surface area contributed by atoms with E-state index in [1.165, 1.54) is 4.90 Å². The minimum Gasteiger partial charge on any atom is -0.444 e. The van der Waals surface area contributed by atoms with Gasteiger partial charge in [-0.25, -0.2) is 13.6 Å². The predicted molar refractivity (Wildman–Crippen MR) is 115 cm³/mol. The second kappa shape index (κ2) is 7.66. The molecule has 0 saturated carbocycles. The van der Waals surface area contributed by atoms with E-state index in [2.05, 4.69) is 5.10 Å². The van der Waals surface area contributed by atoms with Gasteiger partial charge in [-0.15, -0.1) is 0 Å². The molecule has 2 saturated heterocycles. The summed E-state index contributed by atoms with van der Waals surface area (Å²) in [6, 6.07) is -0.155. The van der Waals surface area contributed by atoms with E-state index in [-0.39, 0.29) is 44.4 Å². The lowest BCUT2D eigenvalue weighted by atomic mass is 9.88. The number of anilines is 1. The van der Waals surface area contributed by atoms with Crippen LogP contribution in [0.4, 0.5) is 19.3 Å². The maximum atomic E-state index is 13.6. The first-order valence-corrected chi connectivity index (χ1v) is 11.2. The predicted octanol–water partition coefficient (Wildman–Crippen LogP) is 2.63. The smallest absolute Gasteiger partial charge is 0.410 e. The molecule has 0 aromatic carbocycles. The molecule has 1 aromatic rings. The molecule has 3 aliphatic heterocycles. The van der Waals surface area contributed by atoms with Gasteiger partial charge in [-0.3, -0.25) is 19.2 Å². The molecule has 2 atom stereocenters. The summed E-state index contributed by atoms with van der Waals surface area (Å²) >= 11 is 0. The first kappa shape index (κ1) is 23.4. The number of fused-ring (bicyclic) bond motifs is 1. The van der Waals surface area contributed by atoms with Crippen molar-refractivity contribution in [2.24, 2.45) is 5.41 Å². The number of nitrogens with zero attached hydrogens (tertiary/aromatic N) is 5. The lowest BCUT2D eigenvalue weighted by Gasteiger charge is -2.36. The molecule has 2 fully saturated rings. The number of amides is 3. The fraction of sp³-hybridized carbons (Fsp3) is 0.727. The Morgan fingerprint density at radius 1 is 1.24 bits per heavy atom. The number of alkyl halides is 2. The zero-order valence-corrected chi connectivity index (χ0v) is 19.7. The minimum absolute atomic E-state index is 0.0124. The second-order valence-corrected chi connectivity index (χ2v) is 10.7. The van der Waals surface area contributed by atoms with Crippen LogP contribution < -0.4 is 4.90 Å². The number of aromatic nitrogens is 2. The molecule has 4 heterocycles. The van der Waals surface area contributed by atoms with Crippen molar-refractivity contribution in [2.45, 2.75) is 78.1 Å². The van der Waals surface area contributed by atoms with Gasteiger partial charge in [0.25, 0.3) is 5.92 Å². The number of ether oxygens (including phenoxy) is 1. The van der Waals surface area contributed by atoms with E-state index in [1.807, 2.05) is 6.92 Å². The molecule has 0 radical (unpaired) electrons. The molecular weight excluding hydrogens is 436 g/mol. The van der Waals surface area contributed by atoms with E-state index in [0.717, 1.165) is 4.90 Å². The molecule has 0 bridgehead atoms. The van der Waals surface area contributed by atoms with Crippen molar-refractivity contribution in [1.82, 2.24) is 19.6 Å². The molecule has 9 nitrogen and oxygen atoms in total. The molecule has 182 valence electrons. The number of hydrogen-bond acceptors (Lipinski definition) is 5. The quantitative estimate of drug-likeness (QED) is 0.667. The van der Waals surface area contributed by atoms with Gasteiger partial charge < -0.3 is 14.5 Å². The van der Waals surface area contributed by atoms with Gasteiger partial charge in [-0.05, 0) is 34.6 Å². The number of carbonyl (C=O) groups is 3. The highest BCUT2D eigenvalue weighted by molar-refractivity contribution is 6.02. The van der Waals surface area contributed by atoms with Crippen LogP contribution in [0.3, 0.4) is 0 Å². The van der Waals surface area contributed by atoms with Crippen LogP contribution in [0, 0.1) is 5.41 Å². The largest absolute Gasteiger partial charge is 0.444 e. The highest BCUT2D eigenvalue weighted by Gasteiger charge is 2.51. The van der Waals surface area contributed by atoms with Crippen molar-refractivity contribution in [3.8, 4) is 0 Å². The first-order valence-electron chi connectivity index (χ1n) is 11.2. The molecule has 33 heavy (non-hydrogen) atoms. The van der Waals surface area contributed by atoms with E-state index in [1.54, 1.807) is 43.5 Å². The van der Waals surface area contributed by atoms with Gasteiger partial charge in [0, 0.05) is 25.9 Å². The number of rotatable bonds is 2. The van der Waals surface area contributed by atoms with Crippen LogP contribution in [0.5, 0.6) is 0 Å². The summed E-state index contributed by atoms with van der Waals surface area (Å²) in [5.74, 6) is -3.59. The fourth-order valence-electron chi connectivity index (χ4n) is 4.75. The monoisotopic (exact) mass is 467 g/mol. The zero-order valence-electron chi connectivity index (χ0n) is 19.7. The van der Waals surface area contributed by atoms with Gasteiger partial charge in [0.2, 0.25) is 11.8 Å². The third-order valence-corrected chi connectivity index (χ3v) is 6.46. The number of likely N-dealkylation sites (tertiary alicyclic amines) is 1. The van der Waals surface area contributed by atoms with Gasteiger partial charge in [-0.2, -0.15) is 5.10 Å². The van der Waals surface area contributed by atoms with Crippen LogP contribution in [0.1, 0.15) is 53.2 Å². The lowest BCUT2D eigenvalue weighted by molar-refractivity contribution is -0.141. The van der Waals surface area contributed by atoms with Gasteiger partial charge in [0.1, 0.15) is 5.60 Å². The molecule has 0 spiro atoms. The zero-order chi connectivity index (χ0) is 24.3. The Morgan fingerprint density at radius 2 is 1.94 bits per heavy atom. The van der Waals surface area contributed by atoms with Crippen LogP contribution in [-0.2, 0) is 27.4 Å². The third-order valence-electron chi connectivity index (χ3n) is 6.46. The van der Waals surface area contributed by atoms with E-state index < -0.39 is 35.5 Å². The van der Waals surface area contributed by atoms with Crippen LogP contribution >= 0.6 is 0 Å². The van der Waals surface area contributed by atoms with E-state index in [4.69, 9.17) is 4.74 Å². The van der Waals surface area contributed by atoms with Crippen LogP contribution in [0.15, 0.2) is 6.20 Å². The average molecular weight is 468 g/mol. The Balaban J connectivity index is 1.54. The van der Waals surface area contributed by atoms with Crippen LogP contribution in [0.2, 0.25) is 0 Å². The minimum atomic E-state index is -2.89. The number of carbonyl (C=O) groups excluding carboxylic acids is 3. The van der Waals surface area contributed by atoms with Crippen molar-refractivity contribution in [2.75, 3.05) is 24.5 Å². The summed E-state index contributed by atoms with van der Waals surface area (Å²) in [6.45, 7) is 9.04. The summed E-state index contributed by atoms with van der Waals surface area (Å²) in [5.41, 5.74) is -0.531. The Morgan fingerprint density at radius 3 is 2.55 bits per heavy atom. The molecule has 3 aliphatic rings. The molecule has 1 aromatic heterocycles. The second-order valence-electron chi connectivity index (χ2n) is 10.7. The average Bonchev–Trinajstić information content (AvgIpc) is 3.34. The molecule has 2 unspecified atom stereocenters. The van der Waals surface area contributed by atoms with Crippen LogP contribution in [-0.4, -0.2) is 74.7 Å². The molecule has 3 amide bonds. The molecule has 0 aliphatic carbocycles. The number of hydrogen-bond donors (Lipinski definition) is 0. The van der Waals surface area contributed by atoms with E-state index >= 15 is 0 Å². The standard InChI is InChI=1S/C22H31F2N5O4/c1-14-10-29-16(11-27(14)19(32)33-20(2,3)4)15(9-25-29)28-12-21(5,8-17(28)30)18(31)26-7-6-22(23,24)13-26/h9,14H,6-8,10-13H2,1-5H3. The Hall–Kier alpha value is -2.72. The van der Waals surface area contributed by atoms with Gasteiger partial charge in [0.05, 0.1) is 48.7 Å². The fourth-order valence-corrected chi connectivity index (χ4v) is 4.75. The van der Waals surface area contributed by atoms with Crippen molar-refractivity contribution >= 4 is 23.6 Å². The normalized spacial score (nSPS) is 27.2. The summed E-state index contributed by atoms with van der Waals surface area (Å²) < 4.78 is 34.6. The highest BCUT2D eigenvalue weighted by atomic mass is 19.3. The Labute approximate surface area is 191 Å². The summed E-state index contributed by atoms with van der Waals surface area (Å²) in [6.07, 6.45) is 0.696. The molecule has 0 N–H and O–H groups in total. The maximum absolute atomic E-state index is 13.6. The maximum Gasteiger partial charge on any atom is 0.410 e. The first-order chi connectivity index (χ1) is 15.2. The molecule has 11 heteroatoms. The van der Waals surface area contributed by atoms with Crippen molar-refractivity contribution in [3.63, 3.8) is 0 Å². The summed E-state index contributed by atoms with van der Waals surface area (Å²) in [4.78, 5) is 43.0. The van der Waals surface area contributed by atoms with Gasteiger partial charge in [-0.1, -0.05) is 0 Å². The Bertz CT molecular complexity index is 988. The lowest BCUT2D eigenvalue weighted by Crippen LogP contribution is -2.47. The van der Waals surface area contributed by atoms with Crippen LogP contribution in [0.25, 0.3) is 0 Å². The van der Waals surface area contributed by atoms with Crippen molar-refractivity contribution < 1.29 is 27.9 Å². The topological polar surface area (TPSA) is 88.0 Å². The summed E-state index contributed by atoms with van der Waals surface area (Å²) in [5, 5.41) is 4.39. The SMILES string of the molecule is CC1Cn2ncc(N3CC(C)(C(=O)N4CCC(F)(F)C4)CC3=O)c2CN1C(=O)OC(C)(C)C. The van der Waals surface area contributed by atoms with E-state index in [0.29, 0.717) is 17.9 Å². The summed E-state index contributed by atoms with van der Waals surface area (Å²) in [7, 11) is 0. The highest BCUT2D eigenvalue weighted by Crippen LogP contribution is 2.40. The third kappa shape index (κ3) is 4.41. The van der Waals surface area contributed by atoms with E-state index in [9.17, 15) is 23.2 Å². The molecular formula is C22H31F2N5O4. The Kier molecular flexibility index (Phi) is 5.44. The number of halogens is 2. The van der Waals surface area contributed by atoms with Gasteiger partial charge >= 0.3 is 6.09 Å². The van der Waals surface area contributed by atoms with Gasteiger partial charge in [0.15, 0.2) is 0 Å². The van der Waals surface area contributed by atoms with Crippen molar-refractivity contribution in [1.29, 1.82) is 0 Å².